The van der Waals surface area contributed by atoms with Crippen LogP contribution in [0.2, 0.25) is 0 Å². The summed E-state index contributed by atoms with van der Waals surface area (Å²) in [7, 11) is 0. The lowest BCUT2D eigenvalue weighted by Crippen LogP contribution is -1.74. The fourth-order valence-corrected chi connectivity index (χ4v) is 1.02. The summed E-state index contributed by atoms with van der Waals surface area (Å²) in [4.78, 5) is 0. The molecule has 0 aliphatic carbocycles. The lowest BCUT2D eigenvalue weighted by Gasteiger charge is -1.76. The van der Waals surface area contributed by atoms with Crippen LogP contribution in [0.5, 0.6) is 0 Å². The highest BCUT2D eigenvalue weighted by atomic mass is 16.5. The van der Waals surface area contributed by atoms with Crippen LogP contribution in [-0.2, 0) is 9.47 Å². The molecule has 0 saturated carbocycles. The van der Waals surface area contributed by atoms with Gasteiger partial charge in [-0.25, -0.2) is 0 Å². The van der Waals surface area contributed by atoms with Gasteiger partial charge in [0, 0.05) is 26.4 Å². The molecule has 2 nitrogen and oxygen atoms in total. The molecule has 11 heavy (non-hydrogen) atoms. The minimum Gasteiger partial charge on any atom is -0.381 e. The van der Waals surface area contributed by atoms with E-state index < -0.39 is 0 Å². The Balaban J connectivity index is 0.000000167. The topological polar surface area (TPSA) is 18.5 Å². The van der Waals surface area contributed by atoms with E-state index in [-0.39, 0.29) is 7.43 Å². The number of hydrogen-bond acceptors (Lipinski definition) is 2. The van der Waals surface area contributed by atoms with Crippen LogP contribution in [0.4, 0.5) is 0 Å². The summed E-state index contributed by atoms with van der Waals surface area (Å²) < 4.78 is 9.89. The van der Waals surface area contributed by atoms with Crippen LogP contribution < -0.4 is 0 Å². The monoisotopic (exact) mass is 160 g/mol. The molecule has 0 bridgehead atoms. The molecule has 0 amide bonds. The summed E-state index contributed by atoms with van der Waals surface area (Å²) in [6, 6.07) is 0. The number of rotatable bonds is 0. The predicted octanol–water partition coefficient (Wildman–Crippen LogP) is 2.23. The number of ether oxygens (including phenoxy) is 2. The zero-order valence-corrected chi connectivity index (χ0v) is 6.47. The smallest absolute Gasteiger partial charge is 0.0466 e. The third kappa shape index (κ3) is 6.32. The standard InChI is InChI=1S/2C4H8O.CH4/c2*1-2-4-5-3-1;/h2*1-4H2;1H4. The van der Waals surface area contributed by atoms with Crippen molar-refractivity contribution in [2.45, 2.75) is 33.1 Å². The highest BCUT2D eigenvalue weighted by molar-refractivity contribution is 4.44. The average molecular weight is 160 g/mol. The van der Waals surface area contributed by atoms with Crippen LogP contribution in [0.25, 0.3) is 0 Å². The van der Waals surface area contributed by atoms with Crippen molar-refractivity contribution >= 4 is 0 Å². The SMILES string of the molecule is C.C1CCOC1.C1CCOC1. The average Bonchev–Trinajstić information content (AvgIpc) is 2.67. The second-order valence-corrected chi connectivity index (χ2v) is 2.64. The molecule has 2 aliphatic rings. The molecule has 2 heteroatoms. The van der Waals surface area contributed by atoms with Crippen molar-refractivity contribution in [3.05, 3.63) is 0 Å². The van der Waals surface area contributed by atoms with Crippen molar-refractivity contribution in [3.8, 4) is 0 Å². The van der Waals surface area contributed by atoms with Crippen molar-refractivity contribution in [1.29, 1.82) is 0 Å². The molecule has 0 aromatic heterocycles. The molecule has 0 radical (unpaired) electrons. The largest absolute Gasteiger partial charge is 0.381 e. The third-order valence-electron chi connectivity index (χ3n) is 1.65. The fraction of sp³-hybridized carbons (Fsp3) is 1.00. The van der Waals surface area contributed by atoms with E-state index in [0.29, 0.717) is 0 Å². The highest BCUT2D eigenvalue weighted by Crippen LogP contribution is 1.98. The Labute approximate surface area is 69.9 Å². The molecule has 68 valence electrons. The molecule has 2 heterocycles. The van der Waals surface area contributed by atoms with E-state index in [1.54, 1.807) is 0 Å². The first-order valence-corrected chi connectivity index (χ1v) is 4.15. The maximum absolute atomic E-state index is 4.94. The Hall–Kier alpha value is -0.0800. The molecule has 2 aliphatic heterocycles. The molecule has 2 rings (SSSR count). The zero-order chi connectivity index (χ0) is 7.07. The lowest BCUT2D eigenvalue weighted by molar-refractivity contribution is 0.198. The Morgan fingerprint density at radius 1 is 0.545 bits per heavy atom. The van der Waals surface area contributed by atoms with Gasteiger partial charge in [0.15, 0.2) is 0 Å². The van der Waals surface area contributed by atoms with Crippen molar-refractivity contribution in [3.63, 3.8) is 0 Å². The summed E-state index contributed by atoms with van der Waals surface area (Å²) in [5.74, 6) is 0. The van der Waals surface area contributed by atoms with Crippen LogP contribution in [0, 0.1) is 0 Å². The van der Waals surface area contributed by atoms with Gasteiger partial charge in [0.1, 0.15) is 0 Å². The van der Waals surface area contributed by atoms with E-state index in [1.807, 2.05) is 0 Å². The van der Waals surface area contributed by atoms with Crippen LogP contribution in [0.3, 0.4) is 0 Å². The molecule has 0 aromatic rings. The molecule has 0 aromatic carbocycles. The van der Waals surface area contributed by atoms with Gasteiger partial charge in [-0.05, 0) is 25.7 Å². The van der Waals surface area contributed by atoms with Crippen LogP contribution in [0.1, 0.15) is 33.1 Å². The summed E-state index contributed by atoms with van der Waals surface area (Å²) in [5.41, 5.74) is 0. The first kappa shape index (κ1) is 10.9. The van der Waals surface area contributed by atoms with Crippen LogP contribution >= 0.6 is 0 Å². The Kier molecular flexibility index (Phi) is 7.96. The van der Waals surface area contributed by atoms with Gasteiger partial charge in [-0.15, -0.1) is 0 Å². The first-order chi connectivity index (χ1) is 5.00. The van der Waals surface area contributed by atoms with Gasteiger partial charge in [0.25, 0.3) is 0 Å². The van der Waals surface area contributed by atoms with Crippen molar-refractivity contribution < 1.29 is 9.47 Å². The van der Waals surface area contributed by atoms with Crippen LogP contribution in [-0.4, -0.2) is 26.4 Å². The van der Waals surface area contributed by atoms with Gasteiger partial charge in [0.05, 0.1) is 0 Å². The maximum Gasteiger partial charge on any atom is 0.0466 e. The molecule has 0 spiro atoms. The van der Waals surface area contributed by atoms with Gasteiger partial charge >= 0.3 is 0 Å². The van der Waals surface area contributed by atoms with E-state index in [2.05, 4.69) is 0 Å². The van der Waals surface area contributed by atoms with Crippen molar-refractivity contribution in [1.82, 2.24) is 0 Å². The van der Waals surface area contributed by atoms with Crippen molar-refractivity contribution in [2.24, 2.45) is 0 Å². The second kappa shape index (κ2) is 8.02. The van der Waals surface area contributed by atoms with E-state index in [4.69, 9.17) is 9.47 Å². The van der Waals surface area contributed by atoms with Crippen molar-refractivity contribution in [2.75, 3.05) is 26.4 Å². The summed E-state index contributed by atoms with van der Waals surface area (Å²) in [6.07, 6.45) is 5.11. The highest BCUT2D eigenvalue weighted by Gasteiger charge is 1.95. The fourth-order valence-electron chi connectivity index (χ4n) is 1.02. The Morgan fingerprint density at radius 2 is 0.818 bits per heavy atom. The van der Waals surface area contributed by atoms with Gasteiger partial charge in [-0.2, -0.15) is 0 Å². The molecule has 0 unspecified atom stereocenters. The lowest BCUT2D eigenvalue weighted by atomic mass is 10.4. The first-order valence-electron chi connectivity index (χ1n) is 4.15. The van der Waals surface area contributed by atoms with E-state index >= 15 is 0 Å². The van der Waals surface area contributed by atoms with E-state index in [9.17, 15) is 0 Å². The summed E-state index contributed by atoms with van der Waals surface area (Å²) in [6.45, 7) is 4.00. The minimum absolute atomic E-state index is 0. The second-order valence-electron chi connectivity index (χ2n) is 2.64. The quantitative estimate of drug-likeness (QED) is 0.541. The predicted molar refractivity (Wildman–Crippen MR) is 46.8 cm³/mol. The Bertz CT molecular complexity index is 40.7. The third-order valence-corrected chi connectivity index (χ3v) is 1.65. The van der Waals surface area contributed by atoms with Gasteiger partial charge in [0.2, 0.25) is 0 Å². The van der Waals surface area contributed by atoms with Gasteiger partial charge in [-0.1, -0.05) is 7.43 Å². The minimum atomic E-state index is 0. The van der Waals surface area contributed by atoms with E-state index in [1.165, 1.54) is 25.7 Å². The molecular weight excluding hydrogens is 140 g/mol. The summed E-state index contributed by atoms with van der Waals surface area (Å²) in [5, 5.41) is 0. The van der Waals surface area contributed by atoms with Gasteiger partial charge in [-0.3, -0.25) is 0 Å². The molecule has 2 fully saturated rings. The zero-order valence-electron chi connectivity index (χ0n) is 6.47. The molecule has 0 atom stereocenters. The normalized spacial score (nSPS) is 21.8. The number of hydrogen-bond donors (Lipinski definition) is 0. The van der Waals surface area contributed by atoms with E-state index in [0.717, 1.165) is 26.4 Å². The van der Waals surface area contributed by atoms with Crippen LogP contribution in [0.15, 0.2) is 0 Å². The maximum atomic E-state index is 4.94. The Morgan fingerprint density at radius 3 is 0.909 bits per heavy atom. The van der Waals surface area contributed by atoms with Gasteiger partial charge < -0.3 is 9.47 Å². The molecule has 2 saturated heterocycles. The molecule has 0 N–H and O–H groups in total. The molecular formula is C9H20O2. The summed E-state index contributed by atoms with van der Waals surface area (Å²) >= 11 is 0.